The van der Waals surface area contributed by atoms with Crippen LogP contribution in [-0.2, 0) is 0 Å². The maximum Gasteiger partial charge on any atom is 0.255 e. The summed E-state index contributed by atoms with van der Waals surface area (Å²) in [5.74, 6) is -0.489. The zero-order valence-electron chi connectivity index (χ0n) is 9.34. The van der Waals surface area contributed by atoms with Crippen LogP contribution in [0.5, 0.6) is 0 Å². The quantitative estimate of drug-likeness (QED) is 0.889. The second-order valence-corrected chi connectivity index (χ2v) is 4.89. The van der Waals surface area contributed by atoms with Gasteiger partial charge in [0.05, 0.1) is 15.7 Å². The lowest BCUT2D eigenvalue weighted by atomic mass is 10.2. The molecule has 98 valence electrons. The van der Waals surface area contributed by atoms with Crippen LogP contribution in [0.4, 0.5) is 5.69 Å². The predicted molar refractivity (Wildman–Crippen MR) is 76.5 cm³/mol. The molecule has 0 aliphatic carbocycles. The summed E-state index contributed by atoms with van der Waals surface area (Å²) in [6, 6.07) is 5.56. The SMILES string of the molecule is O=C(Nc1c(Cl)cc(Cl)cc1Cl)c1cc[nH]c(=O)c1. The number of rotatable bonds is 2. The molecular weight excluding hydrogens is 311 g/mol. The summed E-state index contributed by atoms with van der Waals surface area (Å²) in [4.78, 5) is 25.5. The molecule has 7 heteroatoms. The second kappa shape index (κ2) is 5.65. The number of anilines is 1. The van der Waals surface area contributed by atoms with Crippen LogP contribution in [0.25, 0.3) is 0 Å². The highest BCUT2D eigenvalue weighted by Gasteiger charge is 2.13. The van der Waals surface area contributed by atoms with Gasteiger partial charge in [-0.25, -0.2) is 0 Å². The molecule has 0 unspecified atom stereocenters. The van der Waals surface area contributed by atoms with Crippen molar-refractivity contribution in [1.82, 2.24) is 4.98 Å². The van der Waals surface area contributed by atoms with Crippen molar-refractivity contribution >= 4 is 46.4 Å². The molecule has 0 radical (unpaired) electrons. The lowest BCUT2D eigenvalue weighted by Crippen LogP contribution is -2.16. The standard InChI is InChI=1S/C12H7Cl3N2O2/c13-7-4-8(14)11(9(15)5-7)17-12(19)6-1-2-16-10(18)3-6/h1-5H,(H,16,18)(H,17,19). The van der Waals surface area contributed by atoms with Crippen molar-refractivity contribution in [2.75, 3.05) is 5.32 Å². The van der Waals surface area contributed by atoms with E-state index in [-0.39, 0.29) is 26.9 Å². The van der Waals surface area contributed by atoms with Crippen LogP contribution in [0.1, 0.15) is 10.4 Å². The Kier molecular flexibility index (Phi) is 4.14. The summed E-state index contributed by atoms with van der Waals surface area (Å²) >= 11 is 17.7. The molecule has 1 aromatic heterocycles. The van der Waals surface area contributed by atoms with Gasteiger partial charge in [0, 0.05) is 22.8 Å². The molecule has 0 saturated heterocycles. The Hall–Kier alpha value is -1.49. The predicted octanol–water partition coefficient (Wildman–Crippen LogP) is 3.59. The van der Waals surface area contributed by atoms with E-state index in [0.29, 0.717) is 5.02 Å². The summed E-state index contributed by atoms with van der Waals surface area (Å²) in [6.45, 7) is 0. The number of H-pyrrole nitrogens is 1. The van der Waals surface area contributed by atoms with Crippen LogP contribution in [0.2, 0.25) is 15.1 Å². The van der Waals surface area contributed by atoms with Crippen LogP contribution in [0, 0.1) is 0 Å². The van der Waals surface area contributed by atoms with Crippen LogP contribution >= 0.6 is 34.8 Å². The summed E-state index contributed by atoms with van der Waals surface area (Å²) in [5, 5.41) is 3.34. The van der Waals surface area contributed by atoms with E-state index in [1.807, 2.05) is 0 Å². The molecule has 0 aliphatic heterocycles. The molecule has 4 nitrogen and oxygen atoms in total. The van der Waals surface area contributed by atoms with Crippen molar-refractivity contribution < 1.29 is 4.79 Å². The zero-order valence-corrected chi connectivity index (χ0v) is 11.6. The molecule has 0 fully saturated rings. The van der Waals surface area contributed by atoms with Gasteiger partial charge in [-0.2, -0.15) is 0 Å². The van der Waals surface area contributed by atoms with Crippen molar-refractivity contribution in [3.8, 4) is 0 Å². The Labute approximate surface area is 123 Å². The highest BCUT2D eigenvalue weighted by molar-refractivity contribution is 6.42. The lowest BCUT2D eigenvalue weighted by molar-refractivity contribution is 0.102. The van der Waals surface area contributed by atoms with Gasteiger partial charge in [-0.3, -0.25) is 9.59 Å². The van der Waals surface area contributed by atoms with E-state index in [4.69, 9.17) is 34.8 Å². The van der Waals surface area contributed by atoms with E-state index in [9.17, 15) is 9.59 Å². The van der Waals surface area contributed by atoms with Crippen LogP contribution < -0.4 is 10.9 Å². The fourth-order valence-electron chi connectivity index (χ4n) is 1.43. The van der Waals surface area contributed by atoms with Crippen LogP contribution in [0.3, 0.4) is 0 Å². The summed E-state index contributed by atoms with van der Waals surface area (Å²) in [5.41, 5.74) is 0.0739. The first kappa shape index (κ1) is 13.9. The molecule has 0 spiro atoms. The van der Waals surface area contributed by atoms with Gasteiger partial charge in [0.2, 0.25) is 5.56 Å². The number of carbonyl (C=O) groups is 1. The van der Waals surface area contributed by atoms with Crippen molar-refractivity contribution in [2.45, 2.75) is 0 Å². The van der Waals surface area contributed by atoms with E-state index < -0.39 is 5.91 Å². The maximum absolute atomic E-state index is 11.9. The highest BCUT2D eigenvalue weighted by Crippen LogP contribution is 2.33. The Morgan fingerprint density at radius 3 is 2.32 bits per heavy atom. The normalized spacial score (nSPS) is 10.3. The Morgan fingerprint density at radius 1 is 1.11 bits per heavy atom. The number of hydrogen-bond acceptors (Lipinski definition) is 2. The van der Waals surface area contributed by atoms with E-state index >= 15 is 0 Å². The number of aromatic nitrogens is 1. The molecule has 0 aliphatic rings. The van der Waals surface area contributed by atoms with Gasteiger partial charge in [0.25, 0.3) is 5.91 Å². The summed E-state index contributed by atoms with van der Waals surface area (Å²) < 4.78 is 0. The second-order valence-electron chi connectivity index (χ2n) is 3.64. The number of aromatic amines is 1. The number of halogens is 3. The Bertz CT molecular complexity index is 674. The molecule has 2 rings (SSSR count). The molecule has 2 aromatic rings. The molecule has 19 heavy (non-hydrogen) atoms. The zero-order chi connectivity index (χ0) is 14.0. The van der Waals surface area contributed by atoms with Crippen molar-refractivity contribution in [1.29, 1.82) is 0 Å². The lowest BCUT2D eigenvalue weighted by Gasteiger charge is -2.09. The van der Waals surface area contributed by atoms with E-state index in [1.165, 1.54) is 30.5 Å². The number of benzene rings is 1. The average molecular weight is 318 g/mol. The van der Waals surface area contributed by atoms with Gasteiger partial charge in [-0.05, 0) is 18.2 Å². The molecule has 0 bridgehead atoms. The molecule has 2 N–H and O–H groups in total. The van der Waals surface area contributed by atoms with Crippen molar-refractivity contribution in [3.63, 3.8) is 0 Å². The smallest absolute Gasteiger partial charge is 0.255 e. The fraction of sp³-hybridized carbons (Fsp3) is 0. The monoisotopic (exact) mass is 316 g/mol. The number of pyridine rings is 1. The highest BCUT2D eigenvalue weighted by atomic mass is 35.5. The summed E-state index contributed by atoms with van der Waals surface area (Å²) in [6.07, 6.45) is 1.38. The third kappa shape index (κ3) is 3.29. The van der Waals surface area contributed by atoms with Crippen LogP contribution in [-0.4, -0.2) is 10.9 Å². The van der Waals surface area contributed by atoms with Crippen molar-refractivity contribution in [2.24, 2.45) is 0 Å². The Balaban J connectivity index is 2.32. The van der Waals surface area contributed by atoms with Gasteiger partial charge in [-0.1, -0.05) is 34.8 Å². The fourth-order valence-corrected chi connectivity index (χ4v) is 2.34. The first-order valence-electron chi connectivity index (χ1n) is 5.12. The van der Waals surface area contributed by atoms with Gasteiger partial charge in [0.15, 0.2) is 0 Å². The van der Waals surface area contributed by atoms with Gasteiger partial charge >= 0.3 is 0 Å². The number of amides is 1. The molecule has 1 amide bonds. The van der Waals surface area contributed by atoms with E-state index in [1.54, 1.807) is 0 Å². The molecule has 1 aromatic carbocycles. The van der Waals surface area contributed by atoms with E-state index in [2.05, 4.69) is 10.3 Å². The number of carbonyl (C=O) groups excluding carboxylic acids is 1. The summed E-state index contributed by atoms with van der Waals surface area (Å²) in [7, 11) is 0. The van der Waals surface area contributed by atoms with Gasteiger partial charge < -0.3 is 10.3 Å². The third-order valence-corrected chi connectivity index (χ3v) is 3.10. The Morgan fingerprint density at radius 2 is 1.74 bits per heavy atom. The molecule has 1 heterocycles. The minimum absolute atomic E-state index is 0.200. The molecule has 0 saturated carbocycles. The number of nitrogens with one attached hydrogen (secondary N) is 2. The average Bonchev–Trinajstić information content (AvgIpc) is 2.33. The minimum Gasteiger partial charge on any atom is -0.329 e. The first-order valence-corrected chi connectivity index (χ1v) is 6.25. The topological polar surface area (TPSA) is 62.0 Å². The minimum atomic E-state index is -0.489. The van der Waals surface area contributed by atoms with Crippen LogP contribution in [0.15, 0.2) is 35.3 Å². The third-order valence-electron chi connectivity index (χ3n) is 2.28. The van der Waals surface area contributed by atoms with Crippen molar-refractivity contribution in [3.05, 3.63) is 61.4 Å². The van der Waals surface area contributed by atoms with Gasteiger partial charge in [-0.15, -0.1) is 0 Å². The van der Waals surface area contributed by atoms with E-state index in [0.717, 1.165) is 0 Å². The van der Waals surface area contributed by atoms with Gasteiger partial charge in [0.1, 0.15) is 0 Å². The molecular formula is C12H7Cl3N2O2. The number of hydrogen-bond donors (Lipinski definition) is 2. The maximum atomic E-state index is 11.9. The largest absolute Gasteiger partial charge is 0.329 e. The first-order chi connectivity index (χ1) is 8.97. The molecule has 0 atom stereocenters.